The molecule has 5 nitrogen and oxygen atoms in total. The Hall–Kier alpha value is -4.25. The molecule has 184 valence electrons. The van der Waals surface area contributed by atoms with Gasteiger partial charge in [-0.1, -0.05) is 66.7 Å². The summed E-state index contributed by atoms with van der Waals surface area (Å²) < 4.78 is 22.9. The van der Waals surface area contributed by atoms with E-state index in [4.69, 9.17) is 18.9 Å². The Morgan fingerprint density at radius 3 is 1.75 bits per heavy atom. The van der Waals surface area contributed by atoms with Crippen LogP contribution in [0.1, 0.15) is 33.5 Å². The van der Waals surface area contributed by atoms with E-state index in [0.29, 0.717) is 54.6 Å². The smallest absolute Gasteiger partial charge is 0.166 e. The Balaban J connectivity index is 1.47. The van der Waals surface area contributed by atoms with Crippen LogP contribution in [0.5, 0.6) is 23.0 Å². The lowest BCUT2D eigenvalue weighted by Gasteiger charge is -2.15. The monoisotopic (exact) mass is 482 g/mol. The third kappa shape index (κ3) is 6.66. The third-order valence-electron chi connectivity index (χ3n) is 5.86. The topological polar surface area (TPSA) is 54.0 Å². The van der Waals surface area contributed by atoms with Crippen molar-refractivity contribution >= 4 is 5.78 Å². The molecule has 0 radical (unpaired) electrons. The molecule has 0 aliphatic heterocycles. The van der Waals surface area contributed by atoms with Crippen molar-refractivity contribution in [2.24, 2.45) is 0 Å². The van der Waals surface area contributed by atoms with Crippen molar-refractivity contribution in [3.8, 4) is 23.0 Å². The number of hydrogen-bond donors (Lipinski definition) is 0. The van der Waals surface area contributed by atoms with Gasteiger partial charge in [0.2, 0.25) is 0 Å². The van der Waals surface area contributed by atoms with Gasteiger partial charge in [-0.25, -0.2) is 0 Å². The van der Waals surface area contributed by atoms with Crippen molar-refractivity contribution in [1.82, 2.24) is 0 Å². The van der Waals surface area contributed by atoms with Crippen molar-refractivity contribution in [3.63, 3.8) is 0 Å². The van der Waals surface area contributed by atoms with E-state index < -0.39 is 0 Å². The van der Waals surface area contributed by atoms with Crippen LogP contribution in [0.4, 0.5) is 0 Å². The highest BCUT2D eigenvalue weighted by molar-refractivity contribution is 5.99. The number of hydrogen-bond acceptors (Lipinski definition) is 5. The van der Waals surface area contributed by atoms with Crippen molar-refractivity contribution in [2.75, 3.05) is 14.2 Å². The fourth-order valence-corrected chi connectivity index (χ4v) is 3.84. The highest BCUT2D eigenvalue weighted by atomic mass is 16.5. The predicted octanol–water partition coefficient (Wildman–Crippen LogP) is 6.68. The van der Waals surface area contributed by atoms with Gasteiger partial charge in [-0.3, -0.25) is 4.79 Å². The van der Waals surface area contributed by atoms with Gasteiger partial charge in [-0.2, -0.15) is 0 Å². The fourth-order valence-electron chi connectivity index (χ4n) is 3.84. The zero-order valence-electron chi connectivity index (χ0n) is 20.6. The maximum Gasteiger partial charge on any atom is 0.166 e. The molecule has 5 heteroatoms. The molecule has 4 aromatic rings. The second-order valence-corrected chi connectivity index (χ2v) is 8.31. The van der Waals surface area contributed by atoms with Crippen LogP contribution in [-0.2, 0) is 19.6 Å². The van der Waals surface area contributed by atoms with Gasteiger partial charge < -0.3 is 18.9 Å². The summed E-state index contributed by atoms with van der Waals surface area (Å²) in [6.07, 6.45) is 0.832. The van der Waals surface area contributed by atoms with Crippen LogP contribution in [0.25, 0.3) is 0 Å². The molecule has 0 unspecified atom stereocenters. The third-order valence-corrected chi connectivity index (χ3v) is 5.86. The first-order chi connectivity index (χ1) is 17.7. The zero-order valence-corrected chi connectivity index (χ0v) is 20.6. The van der Waals surface area contributed by atoms with Crippen LogP contribution >= 0.6 is 0 Å². The molecule has 0 aliphatic carbocycles. The van der Waals surface area contributed by atoms with E-state index in [1.165, 1.54) is 0 Å². The maximum atomic E-state index is 13.3. The van der Waals surface area contributed by atoms with E-state index in [1.54, 1.807) is 32.4 Å². The van der Waals surface area contributed by atoms with Crippen molar-refractivity contribution in [3.05, 3.63) is 119 Å². The number of carbonyl (C=O) groups excluding carboxylic acids is 1. The molecular weight excluding hydrogens is 452 g/mol. The summed E-state index contributed by atoms with van der Waals surface area (Å²) in [5, 5.41) is 0. The summed E-state index contributed by atoms with van der Waals surface area (Å²) in [5.41, 5.74) is 3.57. The Kier molecular flexibility index (Phi) is 8.60. The van der Waals surface area contributed by atoms with Crippen molar-refractivity contribution < 1.29 is 23.7 Å². The summed E-state index contributed by atoms with van der Waals surface area (Å²) in [6, 6.07) is 30.8. The molecule has 0 spiro atoms. The summed E-state index contributed by atoms with van der Waals surface area (Å²) >= 11 is 0. The first-order valence-electron chi connectivity index (χ1n) is 11.9. The van der Waals surface area contributed by atoms with Gasteiger partial charge in [-0.15, -0.1) is 0 Å². The van der Waals surface area contributed by atoms with Crippen LogP contribution in [0.15, 0.2) is 97.1 Å². The molecule has 0 saturated carbocycles. The number of ether oxygens (including phenoxy) is 4. The molecular formula is C31H30O5. The van der Waals surface area contributed by atoms with Gasteiger partial charge in [0.1, 0.15) is 36.2 Å². The molecule has 0 amide bonds. The van der Waals surface area contributed by atoms with Crippen LogP contribution in [0.2, 0.25) is 0 Å². The maximum absolute atomic E-state index is 13.3. The van der Waals surface area contributed by atoms with E-state index >= 15 is 0 Å². The van der Waals surface area contributed by atoms with Gasteiger partial charge in [0.15, 0.2) is 5.78 Å². The van der Waals surface area contributed by atoms with E-state index in [9.17, 15) is 4.79 Å². The Morgan fingerprint density at radius 1 is 0.639 bits per heavy atom. The summed E-state index contributed by atoms with van der Waals surface area (Å²) in [5.74, 6) is 2.56. The Morgan fingerprint density at radius 2 is 1.17 bits per heavy atom. The van der Waals surface area contributed by atoms with Crippen molar-refractivity contribution in [1.29, 1.82) is 0 Å². The average molecular weight is 483 g/mol. The molecule has 4 aromatic carbocycles. The minimum atomic E-state index is -0.00876. The standard InChI is InChI=1S/C31H30O5/c1-33-26-15-13-25(30(19-26)35-21-23-9-5-3-6-10-23)14-18-29(32)28-17-16-27(34-2)20-31(28)36-22-24-11-7-4-8-12-24/h3-13,15-17,19-20H,14,18,21-22H2,1-2H3. The van der Waals surface area contributed by atoms with Crippen LogP contribution in [0.3, 0.4) is 0 Å². The van der Waals surface area contributed by atoms with Gasteiger partial charge in [0.25, 0.3) is 0 Å². The number of Topliss-reactive ketones (excluding diaryl/α,β-unsaturated/α-hetero) is 1. The van der Waals surface area contributed by atoms with E-state index in [2.05, 4.69) is 0 Å². The first kappa shape index (κ1) is 24.9. The molecule has 0 heterocycles. The minimum absolute atomic E-state index is 0.00876. The highest BCUT2D eigenvalue weighted by Gasteiger charge is 2.16. The quantitative estimate of drug-likeness (QED) is 0.211. The largest absolute Gasteiger partial charge is 0.497 e. The second kappa shape index (κ2) is 12.5. The lowest BCUT2D eigenvalue weighted by molar-refractivity contribution is 0.0978. The van der Waals surface area contributed by atoms with Crippen LogP contribution < -0.4 is 18.9 Å². The number of rotatable bonds is 12. The molecule has 0 aliphatic rings. The molecule has 4 rings (SSSR count). The average Bonchev–Trinajstić information content (AvgIpc) is 2.94. The fraction of sp³-hybridized carbons (Fsp3) is 0.194. The zero-order chi connectivity index (χ0) is 25.2. The number of aryl methyl sites for hydroxylation is 1. The van der Waals surface area contributed by atoms with Crippen LogP contribution in [-0.4, -0.2) is 20.0 Å². The van der Waals surface area contributed by atoms with Gasteiger partial charge >= 0.3 is 0 Å². The normalized spacial score (nSPS) is 10.5. The molecule has 0 saturated heterocycles. The predicted molar refractivity (Wildman–Crippen MR) is 140 cm³/mol. The lowest BCUT2D eigenvalue weighted by Crippen LogP contribution is -2.07. The summed E-state index contributed by atoms with van der Waals surface area (Å²) in [6.45, 7) is 0.801. The molecule has 0 atom stereocenters. The first-order valence-corrected chi connectivity index (χ1v) is 11.9. The van der Waals surface area contributed by atoms with Gasteiger partial charge in [0.05, 0.1) is 19.8 Å². The molecule has 0 N–H and O–H groups in total. The highest BCUT2D eigenvalue weighted by Crippen LogP contribution is 2.30. The summed E-state index contributed by atoms with van der Waals surface area (Å²) in [4.78, 5) is 13.3. The van der Waals surface area contributed by atoms with E-state index in [0.717, 1.165) is 16.7 Å². The number of methoxy groups -OCH3 is 2. The van der Waals surface area contributed by atoms with Crippen LogP contribution in [0, 0.1) is 0 Å². The van der Waals surface area contributed by atoms with E-state index in [1.807, 2.05) is 78.9 Å². The summed E-state index contributed by atoms with van der Waals surface area (Å²) in [7, 11) is 3.22. The van der Waals surface area contributed by atoms with Crippen molar-refractivity contribution in [2.45, 2.75) is 26.1 Å². The Bertz CT molecular complexity index is 1270. The van der Waals surface area contributed by atoms with E-state index in [-0.39, 0.29) is 5.78 Å². The number of benzene rings is 4. The Labute approximate surface area is 212 Å². The SMILES string of the molecule is COc1ccc(CCC(=O)c2ccc(OC)cc2OCc2ccccc2)c(OCc2ccccc2)c1. The minimum Gasteiger partial charge on any atom is -0.497 e. The molecule has 0 aromatic heterocycles. The van der Waals surface area contributed by atoms with Gasteiger partial charge in [0, 0.05) is 18.6 Å². The number of ketones is 1. The molecule has 36 heavy (non-hydrogen) atoms. The van der Waals surface area contributed by atoms with Gasteiger partial charge in [-0.05, 0) is 41.3 Å². The second-order valence-electron chi connectivity index (χ2n) is 8.31. The molecule has 0 fully saturated rings. The number of carbonyl (C=O) groups is 1. The lowest BCUT2D eigenvalue weighted by atomic mass is 10.0. The molecule has 0 bridgehead atoms.